The van der Waals surface area contributed by atoms with Crippen LogP contribution in [0.3, 0.4) is 0 Å². The van der Waals surface area contributed by atoms with Gasteiger partial charge in [0.25, 0.3) is 11.8 Å². The van der Waals surface area contributed by atoms with Crippen molar-refractivity contribution in [1.82, 2.24) is 5.32 Å². The van der Waals surface area contributed by atoms with E-state index in [0.29, 0.717) is 18.0 Å². The molecule has 0 saturated heterocycles. The molecular weight excluding hydrogens is 340 g/mol. The van der Waals surface area contributed by atoms with Gasteiger partial charge in [0.2, 0.25) is 0 Å². The summed E-state index contributed by atoms with van der Waals surface area (Å²) in [5.41, 5.74) is 0.607. The van der Waals surface area contributed by atoms with Crippen LogP contribution >= 0.6 is 11.3 Å². The second-order valence-corrected chi connectivity index (χ2v) is 6.13. The van der Waals surface area contributed by atoms with Crippen molar-refractivity contribution >= 4 is 28.8 Å². The summed E-state index contributed by atoms with van der Waals surface area (Å²) < 4.78 is 10.5. The first-order valence-corrected chi connectivity index (χ1v) is 8.45. The first kappa shape index (κ1) is 16.8. The van der Waals surface area contributed by atoms with Crippen molar-refractivity contribution in [2.24, 2.45) is 0 Å². The molecule has 2 heterocycles. The maximum Gasteiger partial charge on any atom is 0.291 e. The van der Waals surface area contributed by atoms with Crippen molar-refractivity contribution in [2.75, 3.05) is 11.9 Å². The minimum atomic E-state index is -0.327. The average molecular weight is 356 g/mol. The number of hydrogen-bond acceptors (Lipinski definition) is 5. The predicted molar refractivity (Wildman–Crippen MR) is 94.8 cm³/mol. The lowest BCUT2D eigenvalue weighted by Gasteiger charge is -2.08. The van der Waals surface area contributed by atoms with Gasteiger partial charge in [-0.25, -0.2) is 0 Å². The topological polar surface area (TPSA) is 80.6 Å². The number of carbonyl (C=O) groups excluding carboxylic acids is 2. The summed E-state index contributed by atoms with van der Waals surface area (Å²) in [7, 11) is 0. The third-order valence-corrected chi connectivity index (χ3v) is 4.14. The molecule has 2 N–H and O–H groups in total. The number of nitrogens with one attached hydrogen (secondary N) is 2. The van der Waals surface area contributed by atoms with E-state index >= 15 is 0 Å². The lowest BCUT2D eigenvalue weighted by Crippen LogP contribution is -2.28. The number of rotatable bonds is 7. The van der Waals surface area contributed by atoms with E-state index < -0.39 is 0 Å². The fourth-order valence-electron chi connectivity index (χ4n) is 2.03. The van der Waals surface area contributed by atoms with Crippen LogP contribution in [0.25, 0.3) is 0 Å². The molecule has 0 atom stereocenters. The molecule has 128 valence electrons. The van der Waals surface area contributed by atoms with Crippen LogP contribution in [0.15, 0.2) is 64.6 Å². The van der Waals surface area contributed by atoms with Gasteiger partial charge in [-0.2, -0.15) is 0 Å². The summed E-state index contributed by atoms with van der Waals surface area (Å²) in [4.78, 5) is 24.7. The fraction of sp³-hybridized carbons (Fsp3) is 0.111. The van der Waals surface area contributed by atoms with Crippen molar-refractivity contribution in [3.05, 3.63) is 70.8 Å². The van der Waals surface area contributed by atoms with Crippen molar-refractivity contribution in [2.45, 2.75) is 6.54 Å². The van der Waals surface area contributed by atoms with Gasteiger partial charge in [-0.1, -0.05) is 6.07 Å². The maximum absolute atomic E-state index is 11.9. The number of carbonyl (C=O) groups is 2. The molecule has 0 radical (unpaired) electrons. The highest BCUT2D eigenvalue weighted by Crippen LogP contribution is 2.16. The van der Waals surface area contributed by atoms with Gasteiger partial charge in [-0.15, -0.1) is 11.3 Å². The molecule has 3 aromatic rings. The van der Waals surface area contributed by atoms with Gasteiger partial charge in [0.1, 0.15) is 5.75 Å². The zero-order valence-electron chi connectivity index (χ0n) is 13.2. The van der Waals surface area contributed by atoms with E-state index in [2.05, 4.69) is 10.6 Å². The Labute approximate surface area is 148 Å². The van der Waals surface area contributed by atoms with Crippen LogP contribution in [-0.4, -0.2) is 18.4 Å². The molecule has 25 heavy (non-hydrogen) atoms. The van der Waals surface area contributed by atoms with Crippen molar-refractivity contribution in [1.29, 1.82) is 0 Å². The lowest BCUT2D eigenvalue weighted by molar-refractivity contribution is -0.123. The SMILES string of the molecule is O=C(COc1ccc(NC(=O)c2ccco2)cc1)NCc1cccs1. The van der Waals surface area contributed by atoms with E-state index in [-0.39, 0.29) is 24.2 Å². The van der Waals surface area contributed by atoms with Gasteiger partial charge < -0.3 is 19.8 Å². The number of benzene rings is 1. The number of ether oxygens (including phenoxy) is 1. The minimum absolute atomic E-state index is 0.0660. The Bertz CT molecular complexity index is 811. The van der Waals surface area contributed by atoms with Gasteiger partial charge in [0.05, 0.1) is 12.8 Å². The zero-order chi connectivity index (χ0) is 17.5. The third kappa shape index (κ3) is 4.95. The number of anilines is 1. The Balaban J connectivity index is 1.44. The Kier molecular flexibility index (Phi) is 5.48. The number of hydrogen-bond donors (Lipinski definition) is 2. The van der Waals surface area contributed by atoms with E-state index in [1.165, 1.54) is 6.26 Å². The first-order chi connectivity index (χ1) is 12.2. The molecule has 1 aromatic carbocycles. The Morgan fingerprint density at radius 3 is 2.60 bits per heavy atom. The molecule has 0 unspecified atom stereocenters. The Morgan fingerprint density at radius 2 is 1.92 bits per heavy atom. The molecule has 2 aromatic heterocycles. The van der Waals surface area contributed by atoms with Crippen molar-refractivity contribution < 1.29 is 18.7 Å². The number of amides is 2. The number of thiophene rings is 1. The molecule has 0 fully saturated rings. The monoisotopic (exact) mass is 356 g/mol. The molecule has 0 saturated carbocycles. The van der Waals surface area contributed by atoms with Gasteiger partial charge in [-0.3, -0.25) is 9.59 Å². The standard InChI is InChI=1S/C18H16N2O4S/c21-17(19-11-15-3-2-10-25-15)12-24-14-7-5-13(6-8-14)20-18(22)16-4-1-9-23-16/h1-10H,11-12H2,(H,19,21)(H,20,22). The fourth-order valence-corrected chi connectivity index (χ4v) is 2.68. The first-order valence-electron chi connectivity index (χ1n) is 7.57. The van der Waals surface area contributed by atoms with Gasteiger partial charge in [-0.05, 0) is 47.8 Å². The molecule has 3 rings (SSSR count). The van der Waals surface area contributed by atoms with E-state index in [9.17, 15) is 9.59 Å². The Morgan fingerprint density at radius 1 is 1.08 bits per heavy atom. The van der Waals surface area contributed by atoms with Crippen LogP contribution < -0.4 is 15.4 Å². The summed E-state index contributed by atoms with van der Waals surface area (Å²) in [6, 6.07) is 13.9. The Hall–Kier alpha value is -3.06. The second kappa shape index (κ2) is 8.16. The summed E-state index contributed by atoms with van der Waals surface area (Å²) in [6.07, 6.45) is 1.44. The summed E-state index contributed by atoms with van der Waals surface area (Å²) in [6.45, 7) is 0.432. The summed E-state index contributed by atoms with van der Waals surface area (Å²) in [5.74, 6) is 0.264. The zero-order valence-corrected chi connectivity index (χ0v) is 14.0. The van der Waals surface area contributed by atoms with Gasteiger partial charge >= 0.3 is 0 Å². The van der Waals surface area contributed by atoms with E-state index in [4.69, 9.17) is 9.15 Å². The van der Waals surface area contributed by atoms with Crippen LogP contribution in [0.5, 0.6) is 5.75 Å². The van der Waals surface area contributed by atoms with Crippen molar-refractivity contribution in [3.8, 4) is 5.75 Å². The van der Waals surface area contributed by atoms with E-state index in [0.717, 1.165) is 4.88 Å². The molecule has 2 amide bonds. The highest BCUT2D eigenvalue weighted by Gasteiger charge is 2.09. The second-order valence-electron chi connectivity index (χ2n) is 5.10. The quantitative estimate of drug-likeness (QED) is 0.681. The van der Waals surface area contributed by atoms with Crippen LogP contribution in [0.4, 0.5) is 5.69 Å². The molecule has 6 nitrogen and oxygen atoms in total. The smallest absolute Gasteiger partial charge is 0.291 e. The van der Waals surface area contributed by atoms with E-state index in [1.54, 1.807) is 47.7 Å². The molecule has 0 aliphatic heterocycles. The third-order valence-electron chi connectivity index (χ3n) is 3.27. The van der Waals surface area contributed by atoms with Crippen LogP contribution in [0.1, 0.15) is 15.4 Å². The van der Waals surface area contributed by atoms with E-state index in [1.807, 2.05) is 17.5 Å². The summed E-state index contributed by atoms with van der Waals surface area (Å²) >= 11 is 1.59. The normalized spacial score (nSPS) is 10.2. The van der Waals surface area contributed by atoms with Gasteiger partial charge in [0.15, 0.2) is 12.4 Å². The predicted octanol–water partition coefficient (Wildman–Crippen LogP) is 3.29. The van der Waals surface area contributed by atoms with Crippen molar-refractivity contribution in [3.63, 3.8) is 0 Å². The summed E-state index contributed by atoms with van der Waals surface area (Å²) in [5, 5.41) is 7.46. The lowest BCUT2D eigenvalue weighted by atomic mass is 10.3. The molecule has 0 aliphatic carbocycles. The minimum Gasteiger partial charge on any atom is -0.484 e. The number of furan rings is 1. The molecular formula is C18H16N2O4S. The average Bonchev–Trinajstić information content (AvgIpc) is 3.33. The molecule has 0 spiro atoms. The molecule has 0 aliphatic rings. The maximum atomic E-state index is 11.9. The van der Waals surface area contributed by atoms with Gasteiger partial charge in [0, 0.05) is 10.6 Å². The molecule has 0 bridgehead atoms. The largest absolute Gasteiger partial charge is 0.484 e. The highest BCUT2D eigenvalue weighted by molar-refractivity contribution is 7.09. The highest BCUT2D eigenvalue weighted by atomic mass is 32.1. The van der Waals surface area contributed by atoms with Crippen LogP contribution in [0.2, 0.25) is 0 Å². The molecule has 7 heteroatoms. The van der Waals surface area contributed by atoms with Crippen LogP contribution in [-0.2, 0) is 11.3 Å². The van der Waals surface area contributed by atoms with Crippen LogP contribution in [0, 0.1) is 0 Å².